The molecule has 2 aromatic rings. The monoisotopic (exact) mass is 574 g/mol. The summed E-state index contributed by atoms with van der Waals surface area (Å²) in [6.45, 7) is 9.87. The van der Waals surface area contributed by atoms with Crippen molar-refractivity contribution in [2.45, 2.75) is 71.7 Å². The molecule has 0 radical (unpaired) electrons. The van der Waals surface area contributed by atoms with Gasteiger partial charge in [0.2, 0.25) is 12.2 Å². The molecule has 224 valence electrons. The van der Waals surface area contributed by atoms with E-state index in [4.69, 9.17) is 9.47 Å². The van der Waals surface area contributed by atoms with E-state index in [0.29, 0.717) is 13.0 Å². The molecule has 0 bridgehead atoms. The number of esters is 1. The minimum Gasteiger partial charge on any atom is -0.460 e. The first-order chi connectivity index (χ1) is 18.4. The zero-order chi connectivity index (χ0) is 30.5. The number of nitrogens with zero attached hydrogens (tertiary/aromatic N) is 2. The lowest BCUT2D eigenvalue weighted by Crippen LogP contribution is -2.53. The molecule has 2 amide bonds. The molecule has 2 atom stereocenters. The lowest BCUT2D eigenvalue weighted by Gasteiger charge is -2.25. The largest absolute Gasteiger partial charge is 0.673 e. The number of alkyl carbamates (subject to hydrolysis) is 1. The van der Waals surface area contributed by atoms with Gasteiger partial charge in [-0.2, -0.15) is 0 Å². The molecule has 0 aliphatic heterocycles. The van der Waals surface area contributed by atoms with Gasteiger partial charge in [-0.25, -0.2) is 18.7 Å². The second kappa shape index (κ2) is 15.9. The Hall–Kier alpha value is -3.58. The Labute approximate surface area is 232 Å². The number of rotatable bonds is 11. The highest BCUT2D eigenvalue weighted by Crippen LogP contribution is 2.11. The van der Waals surface area contributed by atoms with Crippen LogP contribution in [0.3, 0.4) is 0 Å². The number of benzene rings is 1. The summed E-state index contributed by atoms with van der Waals surface area (Å²) in [4.78, 5) is 38.5. The molecular weight excluding hydrogens is 535 g/mol. The molecular formula is C26H39BF4N4O5. The number of amides is 2. The molecule has 40 heavy (non-hydrogen) atoms. The Kier molecular flexibility index (Phi) is 13.7. The number of halogens is 4. The van der Waals surface area contributed by atoms with Gasteiger partial charge in [0.25, 0.3) is 0 Å². The van der Waals surface area contributed by atoms with Gasteiger partial charge < -0.3 is 37.4 Å². The van der Waals surface area contributed by atoms with Crippen molar-refractivity contribution in [2.24, 2.45) is 13.0 Å². The summed E-state index contributed by atoms with van der Waals surface area (Å²) in [5.74, 6) is -0.832. The smallest absolute Gasteiger partial charge is 0.460 e. The Morgan fingerprint density at radius 2 is 1.62 bits per heavy atom. The molecule has 0 aliphatic rings. The number of imidazole rings is 1. The molecule has 1 aromatic heterocycles. The third-order valence-electron chi connectivity index (χ3n) is 5.02. The molecule has 2 rings (SSSR count). The normalized spacial score (nSPS) is 13.0. The summed E-state index contributed by atoms with van der Waals surface area (Å²) < 4.78 is 53.6. The molecule has 0 saturated heterocycles. The first-order valence-electron chi connectivity index (χ1n) is 12.8. The van der Waals surface area contributed by atoms with Crippen LogP contribution in [-0.4, -0.2) is 54.1 Å². The Morgan fingerprint density at radius 3 is 2.12 bits per heavy atom. The van der Waals surface area contributed by atoms with Gasteiger partial charge in [0.1, 0.15) is 43.2 Å². The van der Waals surface area contributed by atoms with E-state index < -0.39 is 42.9 Å². The third-order valence-corrected chi connectivity index (χ3v) is 5.02. The maximum absolute atomic E-state index is 13.2. The van der Waals surface area contributed by atoms with Crippen LogP contribution in [0.25, 0.3) is 0 Å². The lowest BCUT2D eigenvalue weighted by atomic mass is 10.0. The van der Waals surface area contributed by atoms with Crippen molar-refractivity contribution in [3.63, 3.8) is 0 Å². The molecule has 14 heteroatoms. The minimum atomic E-state index is -6.00. The van der Waals surface area contributed by atoms with E-state index in [2.05, 4.69) is 10.6 Å². The van der Waals surface area contributed by atoms with Crippen molar-refractivity contribution in [1.29, 1.82) is 0 Å². The van der Waals surface area contributed by atoms with Crippen molar-refractivity contribution in [2.75, 3.05) is 6.61 Å². The number of aromatic nitrogens is 2. The van der Waals surface area contributed by atoms with Crippen LogP contribution in [-0.2, 0) is 39.1 Å². The van der Waals surface area contributed by atoms with Crippen LogP contribution in [0.5, 0.6) is 0 Å². The van der Waals surface area contributed by atoms with Gasteiger partial charge in [-0.1, -0.05) is 44.2 Å². The average molecular weight is 574 g/mol. The van der Waals surface area contributed by atoms with E-state index in [9.17, 15) is 31.6 Å². The van der Waals surface area contributed by atoms with Crippen LogP contribution in [0.15, 0.2) is 49.1 Å². The van der Waals surface area contributed by atoms with Gasteiger partial charge in [-0.05, 0) is 38.7 Å². The first kappa shape index (κ1) is 34.5. The summed E-state index contributed by atoms with van der Waals surface area (Å²) >= 11 is 0. The quantitative estimate of drug-likeness (QED) is 0.184. The van der Waals surface area contributed by atoms with Gasteiger partial charge >= 0.3 is 19.3 Å². The molecule has 1 aromatic carbocycles. The molecule has 0 saturated carbocycles. The predicted octanol–water partition coefficient (Wildman–Crippen LogP) is 3.82. The number of hydrogen-bond donors (Lipinski definition) is 2. The highest BCUT2D eigenvalue weighted by atomic mass is 19.5. The van der Waals surface area contributed by atoms with Crippen molar-refractivity contribution in [3.05, 3.63) is 54.6 Å². The number of aryl methyl sites for hydroxylation is 1. The lowest BCUT2D eigenvalue weighted by molar-refractivity contribution is -0.671. The zero-order valence-corrected chi connectivity index (χ0v) is 23.7. The number of nitrogens with one attached hydrogen (secondary N) is 2. The fourth-order valence-corrected chi connectivity index (χ4v) is 3.45. The summed E-state index contributed by atoms with van der Waals surface area (Å²) in [7, 11) is -4.09. The number of hydrogen-bond acceptors (Lipinski definition) is 5. The SMILES string of the molecule is CC(C)C[C@@H](NC(=O)[C@H](Cc1ccccc1)NC(=O)OC(C)(C)C)C(=O)OCCn1cc[n+](C)c1.F[B-](F)(F)F. The summed E-state index contributed by atoms with van der Waals surface area (Å²) in [5.41, 5.74) is 0.157. The molecule has 9 nitrogen and oxygen atoms in total. The Balaban J connectivity index is 0.00000146. The van der Waals surface area contributed by atoms with Gasteiger partial charge in [-0.15, -0.1) is 0 Å². The fraction of sp³-hybridized carbons (Fsp3) is 0.538. The molecule has 0 spiro atoms. The predicted molar refractivity (Wildman–Crippen MR) is 141 cm³/mol. The van der Waals surface area contributed by atoms with Crippen LogP contribution in [0.1, 0.15) is 46.6 Å². The molecule has 2 N–H and O–H groups in total. The van der Waals surface area contributed by atoms with Crippen molar-refractivity contribution in [3.8, 4) is 0 Å². The van der Waals surface area contributed by atoms with E-state index in [1.165, 1.54) is 0 Å². The standard InChI is InChI=1S/C26H38N4O5.BF4/c1-19(2)16-22(24(32)34-15-14-30-13-12-29(6)18-30)27-23(31)21(17-20-10-8-7-9-11-20)28-25(33)35-26(3,4)5;2-1(3,4)5/h7-13,18-19,21-22H,14-17H2,1-6H3,(H-,27,28,31,33);/q;-1/p+1/t21-,22+;/m0./s1. The van der Waals surface area contributed by atoms with Crippen molar-refractivity contribution < 1.29 is 45.7 Å². The first-order valence-corrected chi connectivity index (χ1v) is 12.8. The van der Waals surface area contributed by atoms with Crippen LogP contribution >= 0.6 is 0 Å². The Bertz CT molecular complexity index is 1070. The summed E-state index contributed by atoms with van der Waals surface area (Å²) in [6, 6.07) is 7.60. The minimum absolute atomic E-state index is 0.141. The second-order valence-corrected chi connectivity index (χ2v) is 10.6. The second-order valence-electron chi connectivity index (χ2n) is 10.6. The van der Waals surface area contributed by atoms with Crippen LogP contribution in [0.2, 0.25) is 0 Å². The maximum Gasteiger partial charge on any atom is 0.673 e. The van der Waals surface area contributed by atoms with E-state index in [1.54, 1.807) is 20.8 Å². The van der Waals surface area contributed by atoms with Gasteiger partial charge in [-0.3, -0.25) is 4.79 Å². The fourth-order valence-electron chi connectivity index (χ4n) is 3.45. The van der Waals surface area contributed by atoms with Crippen LogP contribution < -0.4 is 15.2 Å². The van der Waals surface area contributed by atoms with Crippen molar-refractivity contribution in [1.82, 2.24) is 15.2 Å². The van der Waals surface area contributed by atoms with Gasteiger partial charge in [0.05, 0.1) is 7.05 Å². The zero-order valence-electron chi connectivity index (χ0n) is 23.7. The highest BCUT2D eigenvalue weighted by molar-refractivity contribution is 6.50. The molecule has 0 aliphatic carbocycles. The topological polar surface area (TPSA) is 103 Å². The maximum atomic E-state index is 13.2. The molecule has 0 unspecified atom stereocenters. The third kappa shape index (κ3) is 16.4. The summed E-state index contributed by atoms with van der Waals surface area (Å²) in [6.07, 6.45) is 5.63. The van der Waals surface area contributed by atoms with Crippen LogP contribution in [0, 0.1) is 5.92 Å². The van der Waals surface area contributed by atoms with E-state index in [1.807, 2.05) is 79.1 Å². The summed E-state index contributed by atoms with van der Waals surface area (Å²) in [5, 5.41) is 5.45. The number of carbonyl (C=O) groups is 3. The highest BCUT2D eigenvalue weighted by Gasteiger charge is 2.30. The van der Waals surface area contributed by atoms with Crippen LogP contribution in [0.4, 0.5) is 22.1 Å². The van der Waals surface area contributed by atoms with Gasteiger partial charge in [0, 0.05) is 6.42 Å². The Morgan fingerprint density at radius 1 is 1.02 bits per heavy atom. The van der Waals surface area contributed by atoms with Crippen molar-refractivity contribution >= 4 is 25.2 Å². The molecule has 0 fully saturated rings. The van der Waals surface area contributed by atoms with Gasteiger partial charge in [0.15, 0.2) is 0 Å². The molecule has 1 heterocycles. The van der Waals surface area contributed by atoms with E-state index in [-0.39, 0.29) is 18.9 Å². The van der Waals surface area contributed by atoms with E-state index in [0.717, 1.165) is 5.56 Å². The average Bonchev–Trinajstić information content (AvgIpc) is 3.21. The number of carbonyl (C=O) groups excluding carboxylic acids is 3. The van der Waals surface area contributed by atoms with E-state index >= 15 is 0 Å². The number of ether oxygens (including phenoxy) is 2.